The van der Waals surface area contributed by atoms with Crippen LogP contribution in [0.2, 0.25) is 0 Å². The lowest BCUT2D eigenvalue weighted by Gasteiger charge is -2.15. The highest BCUT2D eigenvalue weighted by molar-refractivity contribution is 7.89. The summed E-state index contributed by atoms with van der Waals surface area (Å²) in [5.74, 6) is -2.85. The normalized spacial score (nSPS) is 13.4. The van der Waals surface area contributed by atoms with E-state index in [0.29, 0.717) is 0 Å². The summed E-state index contributed by atoms with van der Waals surface area (Å²) in [6.07, 6.45) is -4.22. The van der Waals surface area contributed by atoms with Gasteiger partial charge in [-0.25, -0.2) is 21.6 Å². The van der Waals surface area contributed by atoms with E-state index in [9.17, 15) is 26.4 Å². The SMILES string of the molecule is Cc1cccc(F)c1S(=O)(=O)NC(CC(F)F)C(=O)O. The standard InChI is InChI=1S/C11H12F3NO4S/c1-6-3-2-4-7(12)10(6)20(18,19)15-8(11(16)17)5-9(13)14/h2-4,8-9,15H,5H2,1H3,(H,16,17). The third-order valence-electron chi connectivity index (χ3n) is 2.44. The van der Waals surface area contributed by atoms with Crippen molar-refractivity contribution in [2.75, 3.05) is 0 Å². The van der Waals surface area contributed by atoms with Crippen LogP contribution in [-0.2, 0) is 14.8 Å². The summed E-state index contributed by atoms with van der Waals surface area (Å²) in [7, 11) is -4.55. The van der Waals surface area contributed by atoms with E-state index >= 15 is 0 Å². The molecule has 5 nitrogen and oxygen atoms in total. The van der Waals surface area contributed by atoms with Gasteiger partial charge in [0, 0.05) is 6.42 Å². The molecular weight excluding hydrogens is 299 g/mol. The molecule has 0 spiro atoms. The van der Waals surface area contributed by atoms with E-state index in [4.69, 9.17) is 5.11 Å². The monoisotopic (exact) mass is 311 g/mol. The minimum absolute atomic E-state index is 0.0404. The number of hydrogen-bond donors (Lipinski definition) is 2. The lowest BCUT2D eigenvalue weighted by atomic mass is 10.2. The Bertz CT molecular complexity index is 583. The Morgan fingerprint density at radius 3 is 2.45 bits per heavy atom. The Kier molecular flexibility index (Phi) is 5.12. The molecule has 0 amide bonds. The summed E-state index contributed by atoms with van der Waals surface area (Å²) >= 11 is 0. The number of alkyl halides is 2. The van der Waals surface area contributed by atoms with Crippen LogP contribution in [-0.4, -0.2) is 32.0 Å². The van der Waals surface area contributed by atoms with E-state index in [0.717, 1.165) is 6.07 Å². The summed E-state index contributed by atoms with van der Waals surface area (Å²) in [5.41, 5.74) is 0.0404. The molecule has 20 heavy (non-hydrogen) atoms. The Hall–Kier alpha value is -1.61. The van der Waals surface area contributed by atoms with E-state index in [1.54, 1.807) is 4.72 Å². The van der Waals surface area contributed by atoms with Crippen molar-refractivity contribution < 1.29 is 31.5 Å². The van der Waals surface area contributed by atoms with E-state index in [-0.39, 0.29) is 5.56 Å². The number of benzene rings is 1. The first-order chi connectivity index (χ1) is 9.15. The first kappa shape index (κ1) is 16.4. The molecule has 1 aromatic rings. The van der Waals surface area contributed by atoms with Gasteiger partial charge in [-0.1, -0.05) is 12.1 Å². The minimum Gasteiger partial charge on any atom is -0.480 e. The van der Waals surface area contributed by atoms with Gasteiger partial charge in [0.2, 0.25) is 16.4 Å². The van der Waals surface area contributed by atoms with Crippen LogP contribution in [0.15, 0.2) is 23.1 Å². The molecule has 0 bridgehead atoms. The van der Waals surface area contributed by atoms with Crippen molar-refractivity contribution in [3.05, 3.63) is 29.6 Å². The molecule has 1 atom stereocenters. The highest BCUT2D eigenvalue weighted by Gasteiger charge is 2.30. The van der Waals surface area contributed by atoms with E-state index in [2.05, 4.69) is 0 Å². The van der Waals surface area contributed by atoms with Crippen molar-refractivity contribution in [1.29, 1.82) is 0 Å². The molecule has 9 heteroatoms. The molecule has 0 aliphatic carbocycles. The Morgan fingerprint density at radius 2 is 2.00 bits per heavy atom. The topological polar surface area (TPSA) is 83.5 Å². The van der Waals surface area contributed by atoms with Gasteiger partial charge in [-0.3, -0.25) is 4.79 Å². The molecule has 0 aromatic heterocycles. The van der Waals surface area contributed by atoms with Gasteiger partial charge in [0.1, 0.15) is 16.8 Å². The van der Waals surface area contributed by atoms with Crippen LogP contribution in [0.3, 0.4) is 0 Å². The number of aliphatic carboxylic acids is 1. The van der Waals surface area contributed by atoms with Crippen molar-refractivity contribution in [2.45, 2.75) is 30.7 Å². The average molecular weight is 311 g/mol. The zero-order valence-electron chi connectivity index (χ0n) is 10.3. The second-order valence-corrected chi connectivity index (χ2v) is 5.68. The second-order valence-electron chi connectivity index (χ2n) is 4.02. The third kappa shape index (κ3) is 3.94. The van der Waals surface area contributed by atoms with Gasteiger partial charge in [0.05, 0.1) is 0 Å². The molecule has 112 valence electrons. The number of rotatable bonds is 6. The minimum atomic E-state index is -4.55. The number of carboxylic acids is 1. The number of hydrogen-bond acceptors (Lipinski definition) is 3. The highest BCUT2D eigenvalue weighted by Crippen LogP contribution is 2.19. The van der Waals surface area contributed by atoms with E-state index < -0.39 is 45.6 Å². The number of sulfonamides is 1. The molecule has 0 heterocycles. The van der Waals surface area contributed by atoms with E-state index in [1.807, 2.05) is 0 Å². The van der Waals surface area contributed by atoms with Crippen LogP contribution < -0.4 is 4.72 Å². The molecule has 0 aliphatic heterocycles. The van der Waals surface area contributed by atoms with Crippen LogP contribution >= 0.6 is 0 Å². The van der Waals surface area contributed by atoms with Gasteiger partial charge >= 0.3 is 5.97 Å². The average Bonchev–Trinajstić information content (AvgIpc) is 2.26. The van der Waals surface area contributed by atoms with Crippen LogP contribution in [0.25, 0.3) is 0 Å². The Morgan fingerprint density at radius 1 is 1.40 bits per heavy atom. The predicted molar refractivity (Wildman–Crippen MR) is 63.5 cm³/mol. The van der Waals surface area contributed by atoms with Gasteiger partial charge in [-0.2, -0.15) is 4.72 Å². The molecule has 1 rings (SSSR count). The first-order valence-corrected chi connectivity index (χ1v) is 6.92. The zero-order valence-corrected chi connectivity index (χ0v) is 11.1. The first-order valence-electron chi connectivity index (χ1n) is 5.43. The molecule has 0 saturated carbocycles. The smallest absolute Gasteiger partial charge is 0.321 e. The summed E-state index contributed by atoms with van der Waals surface area (Å²) in [6, 6.07) is 1.43. The van der Waals surface area contributed by atoms with Gasteiger partial charge in [0.15, 0.2) is 0 Å². The summed E-state index contributed by atoms with van der Waals surface area (Å²) < 4.78 is 63.4. The van der Waals surface area contributed by atoms with Gasteiger partial charge in [-0.05, 0) is 18.6 Å². The fraction of sp³-hybridized carbons (Fsp3) is 0.364. The maximum Gasteiger partial charge on any atom is 0.321 e. The van der Waals surface area contributed by atoms with Crippen molar-refractivity contribution in [3.63, 3.8) is 0 Å². The summed E-state index contributed by atoms with van der Waals surface area (Å²) in [5, 5.41) is 8.72. The molecule has 2 N–H and O–H groups in total. The highest BCUT2D eigenvalue weighted by atomic mass is 32.2. The van der Waals surface area contributed by atoms with Crippen LogP contribution in [0.4, 0.5) is 13.2 Å². The zero-order chi connectivity index (χ0) is 15.5. The predicted octanol–water partition coefficient (Wildman–Crippen LogP) is 1.52. The van der Waals surface area contributed by atoms with Crippen LogP contribution in [0, 0.1) is 12.7 Å². The third-order valence-corrected chi connectivity index (χ3v) is 4.09. The van der Waals surface area contributed by atoms with Crippen molar-refractivity contribution in [2.24, 2.45) is 0 Å². The maximum absolute atomic E-state index is 13.5. The summed E-state index contributed by atoms with van der Waals surface area (Å²) in [4.78, 5) is 10.0. The summed E-state index contributed by atoms with van der Waals surface area (Å²) in [6.45, 7) is 1.31. The molecule has 0 aliphatic rings. The number of nitrogens with one attached hydrogen (secondary N) is 1. The van der Waals surface area contributed by atoms with Crippen LogP contribution in [0.1, 0.15) is 12.0 Å². The van der Waals surface area contributed by atoms with Crippen molar-refractivity contribution in [3.8, 4) is 0 Å². The van der Waals surface area contributed by atoms with Gasteiger partial charge < -0.3 is 5.11 Å². The number of carboxylic acid groups (broad SMARTS) is 1. The van der Waals surface area contributed by atoms with Crippen LogP contribution in [0.5, 0.6) is 0 Å². The Balaban J connectivity index is 3.13. The lowest BCUT2D eigenvalue weighted by molar-refractivity contribution is -0.140. The van der Waals surface area contributed by atoms with Gasteiger partial charge in [-0.15, -0.1) is 0 Å². The van der Waals surface area contributed by atoms with Crippen molar-refractivity contribution in [1.82, 2.24) is 4.72 Å². The molecule has 0 radical (unpaired) electrons. The molecule has 1 aromatic carbocycles. The van der Waals surface area contributed by atoms with E-state index in [1.165, 1.54) is 19.1 Å². The molecule has 0 saturated heterocycles. The number of halogens is 3. The molecule has 1 unspecified atom stereocenters. The Labute approximate surface area is 113 Å². The molecule has 0 fully saturated rings. The maximum atomic E-state index is 13.5. The number of aryl methyl sites for hydroxylation is 1. The second kappa shape index (κ2) is 6.23. The van der Waals surface area contributed by atoms with Crippen molar-refractivity contribution >= 4 is 16.0 Å². The largest absolute Gasteiger partial charge is 0.480 e. The fourth-order valence-electron chi connectivity index (χ4n) is 1.58. The quantitative estimate of drug-likeness (QED) is 0.834. The number of carbonyl (C=O) groups is 1. The lowest BCUT2D eigenvalue weighted by Crippen LogP contribution is -2.42. The fourth-order valence-corrected chi connectivity index (χ4v) is 3.09. The molecular formula is C11H12F3NO4S. The van der Waals surface area contributed by atoms with Gasteiger partial charge in [0.25, 0.3) is 0 Å².